The standard InChI is InChI=1S/C26H26N2O8/c1-16-22(25(30)34-2)23(18-7-4-8-19(14-18)28(32)33)24(26(31)35-3)21(27-16)15-36-13-5-6-17-9-11-20(29)12-10-17/h4-12,14,23,27,29H,13,15H2,1-3H3/b6-5+. The average Bonchev–Trinajstić information content (AvgIpc) is 2.88. The summed E-state index contributed by atoms with van der Waals surface area (Å²) >= 11 is 0. The SMILES string of the molecule is COC(=O)C1=C(C)NC(COC/C=C/c2ccc(O)cc2)=C(C(=O)OC)C1c1cccc([N+](=O)[O-])c1. The average molecular weight is 495 g/mol. The van der Waals surface area contributed by atoms with Crippen LogP contribution in [-0.2, 0) is 23.8 Å². The predicted octanol–water partition coefficient (Wildman–Crippen LogP) is 3.59. The van der Waals surface area contributed by atoms with Gasteiger partial charge < -0.3 is 24.6 Å². The molecule has 10 nitrogen and oxygen atoms in total. The zero-order valence-electron chi connectivity index (χ0n) is 20.0. The van der Waals surface area contributed by atoms with Gasteiger partial charge in [-0.05, 0) is 30.2 Å². The number of carbonyl (C=O) groups excluding carboxylic acids is 2. The number of hydrogen-bond donors (Lipinski definition) is 2. The van der Waals surface area contributed by atoms with E-state index in [9.17, 15) is 24.8 Å². The topological polar surface area (TPSA) is 137 Å². The number of benzene rings is 2. The minimum absolute atomic E-state index is 0.0262. The van der Waals surface area contributed by atoms with E-state index in [1.165, 1.54) is 32.4 Å². The molecule has 0 saturated carbocycles. The number of methoxy groups -OCH3 is 2. The fourth-order valence-corrected chi connectivity index (χ4v) is 3.89. The Labute approximate surface area is 207 Å². The van der Waals surface area contributed by atoms with Crippen molar-refractivity contribution >= 4 is 23.7 Å². The highest BCUT2D eigenvalue weighted by molar-refractivity contribution is 6.00. The van der Waals surface area contributed by atoms with Crippen LogP contribution in [-0.4, -0.2) is 49.4 Å². The van der Waals surface area contributed by atoms with Crippen LogP contribution in [0.5, 0.6) is 5.75 Å². The molecular formula is C26H26N2O8. The first-order valence-electron chi connectivity index (χ1n) is 10.9. The molecule has 188 valence electrons. The number of nitro groups is 1. The Kier molecular flexibility index (Phi) is 8.58. The van der Waals surface area contributed by atoms with Crippen LogP contribution < -0.4 is 5.32 Å². The molecule has 0 saturated heterocycles. The predicted molar refractivity (Wildman–Crippen MR) is 131 cm³/mol. The van der Waals surface area contributed by atoms with Crippen LogP contribution in [0.15, 0.2) is 77.1 Å². The van der Waals surface area contributed by atoms with Crippen molar-refractivity contribution in [2.45, 2.75) is 12.8 Å². The molecule has 0 bridgehead atoms. The Morgan fingerprint density at radius 2 is 1.75 bits per heavy atom. The minimum atomic E-state index is -0.975. The number of phenolic OH excluding ortho intramolecular Hbond substituents is 1. The van der Waals surface area contributed by atoms with Crippen molar-refractivity contribution in [2.75, 3.05) is 27.4 Å². The van der Waals surface area contributed by atoms with E-state index < -0.39 is 22.8 Å². The summed E-state index contributed by atoms with van der Waals surface area (Å²) in [7, 11) is 2.43. The second-order valence-electron chi connectivity index (χ2n) is 7.83. The molecule has 36 heavy (non-hydrogen) atoms. The van der Waals surface area contributed by atoms with E-state index in [1.54, 1.807) is 43.3 Å². The summed E-state index contributed by atoms with van der Waals surface area (Å²) in [5.74, 6) is -2.21. The third-order valence-corrected chi connectivity index (χ3v) is 5.53. The van der Waals surface area contributed by atoms with Gasteiger partial charge in [0.1, 0.15) is 5.75 Å². The van der Waals surface area contributed by atoms with Gasteiger partial charge >= 0.3 is 11.9 Å². The van der Waals surface area contributed by atoms with Gasteiger partial charge in [-0.25, -0.2) is 9.59 Å². The lowest BCUT2D eigenvalue weighted by Gasteiger charge is -2.31. The zero-order chi connectivity index (χ0) is 26.2. The maximum absolute atomic E-state index is 12.9. The molecule has 0 radical (unpaired) electrons. The summed E-state index contributed by atoms with van der Waals surface area (Å²) in [6, 6.07) is 12.4. The first-order chi connectivity index (χ1) is 17.3. The third-order valence-electron chi connectivity index (χ3n) is 5.53. The Morgan fingerprint density at radius 1 is 1.08 bits per heavy atom. The van der Waals surface area contributed by atoms with Gasteiger partial charge in [0.15, 0.2) is 0 Å². The van der Waals surface area contributed by atoms with Gasteiger partial charge in [0, 0.05) is 17.8 Å². The summed E-state index contributed by atoms with van der Waals surface area (Å²) in [5.41, 5.74) is 2.05. The highest BCUT2D eigenvalue weighted by Crippen LogP contribution is 2.40. The number of ether oxygens (including phenoxy) is 3. The van der Waals surface area contributed by atoms with Gasteiger partial charge in [-0.15, -0.1) is 0 Å². The van der Waals surface area contributed by atoms with Crippen molar-refractivity contribution in [3.8, 4) is 5.75 Å². The number of esters is 2. The lowest BCUT2D eigenvalue weighted by Crippen LogP contribution is -2.34. The van der Waals surface area contributed by atoms with Crippen LogP contribution in [0, 0.1) is 10.1 Å². The summed E-state index contributed by atoms with van der Waals surface area (Å²) in [5, 5.41) is 23.8. The fraction of sp³-hybridized carbons (Fsp3) is 0.231. The third kappa shape index (κ3) is 5.97. The van der Waals surface area contributed by atoms with Crippen LogP contribution in [0.1, 0.15) is 24.0 Å². The Morgan fingerprint density at radius 3 is 2.39 bits per heavy atom. The normalized spacial score (nSPS) is 15.6. The Bertz CT molecular complexity index is 1240. The Balaban J connectivity index is 1.95. The number of rotatable bonds is 9. The van der Waals surface area contributed by atoms with E-state index in [4.69, 9.17) is 14.2 Å². The second kappa shape index (κ2) is 11.8. The Hall–Kier alpha value is -4.44. The summed E-state index contributed by atoms with van der Waals surface area (Å²) in [4.78, 5) is 36.5. The van der Waals surface area contributed by atoms with Crippen molar-refractivity contribution in [1.82, 2.24) is 5.32 Å². The molecule has 1 heterocycles. The number of nitrogens with one attached hydrogen (secondary N) is 1. The molecule has 0 spiro atoms. The highest BCUT2D eigenvalue weighted by atomic mass is 16.6. The number of nitrogens with zero attached hydrogens (tertiary/aromatic N) is 1. The lowest BCUT2D eigenvalue weighted by molar-refractivity contribution is -0.384. The molecule has 2 N–H and O–H groups in total. The van der Waals surface area contributed by atoms with E-state index in [0.29, 0.717) is 17.0 Å². The van der Waals surface area contributed by atoms with Crippen LogP contribution in [0.4, 0.5) is 5.69 Å². The van der Waals surface area contributed by atoms with E-state index in [2.05, 4.69) is 5.32 Å². The van der Waals surface area contributed by atoms with Crippen LogP contribution >= 0.6 is 0 Å². The van der Waals surface area contributed by atoms with Crippen molar-refractivity contribution in [3.63, 3.8) is 0 Å². The largest absolute Gasteiger partial charge is 0.508 e. The van der Waals surface area contributed by atoms with Crippen molar-refractivity contribution < 1.29 is 33.8 Å². The molecule has 1 unspecified atom stereocenters. The molecule has 1 atom stereocenters. The van der Waals surface area contributed by atoms with Crippen LogP contribution in [0.25, 0.3) is 6.08 Å². The molecule has 0 aromatic heterocycles. The second-order valence-corrected chi connectivity index (χ2v) is 7.83. The van der Waals surface area contributed by atoms with Crippen LogP contribution in [0.3, 0.4) is 0 Å². The van der Waals surface area contributed by atoms with Gasteiger partial charge in [-0.1, -0.05) is 36.4 Å². The quantitative estimate of drug-likeness (QED) is 0.232. The number of non-ortho nitro benzene ring substituents is 1. The van der Waals surface area contributed by atoms with Gasteiger partial charge in [-0.3, -0.25) is 10.1 Å². The highest BCUT2D eigenvalue weighted by Gasteiger charge is 2.39. The van der Waals surface area contributed by atoms with E-state index in [-0.39, 0.29) is 35.8 Å². The summed E-state index contributed by atoms with van der Waals surface area (Å²) in [6.45, 7) is 1.82. The molecule has 0 aliphatic carbocycles. The first-order valence-corrected chi connectivity index (χ1v) is 10.9. The first kappa shape index (κ1) is 26.2. The number of dihydropyridines is 1. The molecule has 10 heteroatoms. The van der Waals surface area contributed by atoms with Crippen molar-refractivity contribution in [1.29, 1.82) is 0 Å². The van der Waals surface area contributed by atoms with E-state index in [1.807, 2.05) is 6.08 Å². The molecule has 2 aromatic rings. The molecule has 0 amide bonds. The van der Waals surface area contributed by atoms with E-state index >= 15 is 0 Å². The maximum atomic E-state index is 12.9. The molecule has 1 aliphatic rings. The summed E-state index contributed by atoms with van der Waals surface area (Å²) in [6.07, 6.45) is 3.59. The number of hydrogen-bond acceptors (Lipinski definition) is 9. The number of aromatic hydroxyl groups is 1. The van der Waals surface area contributed by atoms with Gasteiger partial charge in [0.25, 0.3) is 5.69 Å². The van der Waals surface area contributed by atoms with Gasteiger partial charge in [0.2, 0.25) is 0 Å². The molecule has 3 rings (SSSR count). The number of nitro benzene ring substituents is 1. The van der Waals surface area contributed by atoms with Crippen molar-refractivity contribution in [3.05, 3.63) is 98.4 Å². The van der Waals surface area contributed by atoms with Gasteiger partial charge in [-0.2, -0.15) is 0 Å². The zero-order valence-corrected chi connectivity index (χ0v) is 20.0. The number of allylic oxidation sites excluding steroid dienone is 1. The number of carbonyl (C=O) groups is 2. The van der Waals surface area contributed by atoms with Crippen LogP contribution in [0.2, 0.25) is 0 Å². The molecule has 0 fully saturated rings. The monoisotopic (exact) mass is 494 g/mol. The van der Waals surface area contributed by atoms with E-state index in [0.717, 1.165) is 5.56 Å². The lowest BCUT2D eigenvalue weighted by atomic mass is 9.80. The van der Waals surface area contributed by atoms with Crippen molar-refractivity contribution in [2.24, 2.45) is 0 Å². The minimum Gasteiger partial charge on any atom is -0.508 e. The molecule has 1 aliphatic heterocycles. The maximum Gasteiger partial charge on any atom is 0.336 e. The molecular weight excluding hydrogens is 468 g/mol. The molecule has 2 aromatic carbocycles. The smallest absolute Gasteiger partial charge is 0.336 e. The fourth-order valence-electron chi connectivity index (χ4n) is 3.89. The number of phenols is 1. The van der Waals surface area contributed by atoms with Gasteiger partial charge in [0.05, 0.1) is 55.1 Å². The summed E-state index contributed by atoms with van der Waals surface area (Å²) < 4.78 is 15.7.